The first-order valence-electron chi connectivity index (χ1n) is 6.66. The minimum atomic E-state index is 0.783. The van der Waals surface area contributed by atoms with E-state index in [1.807, 2.05) is 12.1 Å². The summed E-state index contributed by atoms with van der Waals surface area (Å²) < 4.78 is 0. The van der Waals surface area contributed by atoms with Gasteiger partial charge in [0.15, 0.2) is 0 Å². The first-order valence-corrected chi connectivity index (χ1v) is 6.66. The number of hydrogen-bond donors (Lipinski definition) is 1. The van der Waals surface area contributed by atoms with Crippen LogP contribution in [0.4, 0.5) is 11.5 Å². The van der Waals surface area contributed by atoms with E-state index in [0.717, 1.165) is 30.1 Å². The van der Waals surface area contributed by atoms with Crippen molar-refractivity contribution in [2.45, 2.75) is 26.2 Å². The summed E-state index contributed by atoms with van der Waals surface area (Å²) in [5.41, 5.74) is 8.92. The molecule has 94 valence electrons. The maximum atomic E-state index is 5.85. The van der Waals surface area contributed by atoms with Crippen LogP contribution >= 0.6 is 0 Å². The minimum absolute atomic E-state index is 0.783. The van der Waals surface area contributed by atoms with Crippen molar-refractivity contribution >= 4 is 22.4 Å². The molecule has 0 aliphatic carbocycles. The van der Waals surface area contributed by atoms with Gasteiger partial charge in [-0.1, -0.05) is 6.07 Å². The van der Waals surface area contributed by atoms with Crippen LogP contribution in [0.15, 0.2) is 24.3 Å². The molecule has 2 heterocycles. The summed E-state index contributed by atoms with van der Waals surface area (Å²) in [6, 6.07) is 8.17. The van der Waals surface area contributed by atoms with Crippen LogP contribution in [-0.2, 0) is 0 Å². The smallest absolute Gasteiger partial charge is 0.129 e. The Kier molecular flexibility index (Phi) is 2.82. The van der Waals surface area contributed by atoms with Gasteiger partial charge in [-0.25, -0.2) is 4.98 Å². The predicted octanol–water partition coefficient (Wildman–Crippen LogP) is 3.12. The van der Waals surface area contributed by atoms with Crippen LogP contribution in [0.3, 0.4) is 0 Å². The molecular formula is C15H19N3. The Balaban J connectivity index is 2.07. The number of hydrogen-bond acceptors (Lipinski definition) is 3. The molecule has 2 aromatic rings. The monoisotopic (exact) mass is 241 g/mol. The molecule has 3 heteroatoms. The number of aromatic nitrogens is 1. The van der Waals surface area contributed by atoms with Crippen molar-refractivity contribution < 1.29 is 0 Å². The van der Waals surface area contributed by atoms with E-state index in [-0.39, 0.29) is 0 Å². The van der Waals surface area contributed by atoms with Crippen molar-refractivity contribution in [1.82, 2.24) is 4.98 Å². The summed E-state index contributed by atoms with van der Waals surface area (Å²) in [4.78, 5) is 7.15. The maximum Gasteiger partial charge on any atom is 0.129 e. The Hall–Kier alpha value is -1.77. The number of nitrogen functional groups attached to an aromatic ring is 1. The van der Waals surface area contributed by atoms with E-state index in [4.69, 9.17) is 10.7 Å². The molecule has 0 spiro atoms. The normalized spacial score (nSPS) is 16.2. The van der Waals surface area contributed by atoms with Gasteiger partial charge in [0.2, 0.25) is 0 Å². The molecule has 0 radical (unpaired) electrons. The second-order valence-electron chi connectivity index (χ2n) is 5.12. The number of nitrogens with zero attached hydrogens (tertiary/aromatic N) is 2. The average Bonchev–Trinajstić information content (AvgIpc) is 2.39. The van der Waals surface area contributed by atoms with Crippen molar-refractivity contribution in [2.24, 2.45) is 0 Å². The molecule has 3 rings (SSSR count). The first kappa shape index (κ1) is 11.3. The molecule has 1 aliphatic heterocycles. The molecule has 0 bridgehead atoms. The van der Waals surface area contributed by atoms with Gasteiger partial charge >= 0.3 is 0 Å². The Morgan fingerprint density at radius 1 is 1.11 bits per heavy atom. The zero-order chi connectivity index (χ0) is 12.5. The number of pyridine rings is 1. The average molecular weight is 241 g/mol. The van der Waals surface area contributed by atoms with Crippen LogP contribution in [0.2, 0.25) is 0 Å². The summed E-state index contributed by atoms with van der Waals surface area (Å²) in [6.07, 6.45) is 3.89. The number of fused-ring (bicyclic) bond motifs is 1. The fourth-order valence-electron chi connectivity index (χ4n) is 2.69. The predicted molar refractivity (Wildman–Crippen MR) is 77.0 cm³/mol. The van der Waals surface area contributed by atoms with Gasteiger partial charge in [0, 0.05) is 24.2 Å². The molecule has 1 aromatic heterocycles. The molecule has 0 saturated carbocycles. The van der Waals surface area contributed by atoms with Gasteiger partial charge in [0.05, 0.1) is 5.52 Å². The summed E-state index contributed by atoms with van der Waals surface area (Å²) in [5, 5.41) is 1.20. The zero-order valence-electron chi connectivity index (χ0n) is 10.8. The van der Waals surface area contributed by atoms with Crippen molar-refractivity contribution in [3.63, 3.8) is 0 Å². The fourth-order valence-corrected chi connectivity index (χ4v) is 2.69. The maximum absolute atomic E-state index is 5.85. The number of aryl methyl sites for hydroxylation is 1. The van der Waals surface area contributed by atoms with E-state index >= 15 is 0 Å². The summed E-state index contributed by atoms with van der Waals surface area (Å²) >= 11 is 0. The third-order valence-corrected chi connectivity index (χ3v) is 3.71. The van der Waals surface area contributed by atoms with Crippen molar-refractivity contribution in [3.8, 4) is 0 Å². The molecule has 3 nitrogen and oxygen atoms in total. The van der Waals surface area contributed by atoms with Crippen molar-refractivity contribution in [3.05, 3.63) is 29.8 Å². The van der Waals surface area contributed by atoms with Gasteiger partial charge in [-0.05, 0) is 49.9 Å². The Morgan fingerprint density at radius 2 is 1.89 bits per heavy atom. The van der Waals surface area contributed by atoms with Gasteiger partial charge < -0.3 is 10.6 Å². The topological polar surface area (TPSA) is 42.2 Å². The third kappa shape index (κ3) is 2.01. The second kappa shape index (κ2) is 4.48. The second-order valence-corrected chi connectivity index (χ2v) is 5.12. The quantitative estimate of drug-likeness (QED) is 0.780. The van der Waals surface area contributed by atoms with E-state index < -0.39 is 0 Å². The molecule has 1 aromatic carbocycles. The number of nitrogens with two attached hydrogens (primary N) is 1. The van der Waals surface area contributed by atoms with E-state index in [9.17, 15) is 0 Å². The molecule has 0 unspecified atom stereocenters. The molecular weight excluding hydrogens is 222 g/mol. The lowest BCUT2D eigenvalue weighted by molar-refractivity contribution is 0.574. The van der Waals surface area contributed by atoms with Gasteiger partial charge in [-0.3, -0.25) is 0 Å². The molecule has 0 amide bonds. The molecule has 18 heavy (non-hydrogen) atoms. The van der Waals surface area contributed by atoms with Crippen LogP contribution in [-0.4, -0.2) is 18.1 Å². The van der Waals surface area contributed by atoms with Crippen molar-refractivity contribution in [1.29, 1.82) is 0 Å². The van der Waals surface area contributed by atoms with Gasteiger partial charge in [0.1, 0.15) is 5.82 Å². The van der Waals surface area contributed by atoms with Crippen LogP contribution in [0.1, 0.15) is 24.8 Å². The largest absolute Gasteiger partial charge is 0.399 e. The lowest BCUT2D eigenvalue weighted by atomic mass is 10.1. The minimum Gasteiger partial charge on any atom is -0.399 e. The molecule has 1 aliphatic rings. The molecule has 2 N–H and O–H groups in total. The van der Waals surface area contributed by atoms with Crippen LogP contribution in [0, 0.1) is 6.92 Å². The number of piperidine rings is 1. The number of rotatable bonds is 1. The Morgan fingerprint density at radius 3 is 2.67 bits per heavy atom. The Labute approximate surface area is 108 Å². The fraction of sp³-hybridized carbons (Fsp3) is 0.400. The summed E-state index contributed by atoms with van der Waals surface area (Å²) in [6.45, 7) is 4.40. The standard InChI is InChI=1S/C15H19N3/c1-11-9-15(18-7-3-2-4-8-18)17-14-10-12(16)5-6-13(11)14/h5-6,9-10H,2-4,7-8,16H2,1H3. The van der Waals surface area contributed by atoms with E-state index in [0.29, 0.717) is 0 Å². The van der Waals surface area contributed by atoms with Crippen molar-refractivity contribution in [2.75, 3.05) is 23.7 Å². The highest BCUT2D eigenvalue weighted by Gasteiger charge is 2.13. The SMILES string of the molecule is Cc1cc(N2CCCCC2)nc2cc(N)ccc12. The van der Waals surface area contributed by atoms with Crippen LogP contribution in [0.5, 0.6) is 0 Å². The third-order valence-electron chi connectivity index (χ3n) is 3.71. The van der Waals surface area contributed by atoms with E-state index in [1.165, 1.54) is 30.2 Å². The lowest BCUT2D eigenvalue weighted by Gasteiger charge is -2.28. The number of benzene rings is 1. The molecule has 1 fully saturated rings. The van der Waals surface area contributed by atoms with Crippen LogP contribution in [0.25, 0.3) is 10.9 Å². The molecule has 0 atom stereocenters. The van der Waals surface area contributed by atoms with Crippen LogP contribution < -0.4 is 10.6 Å². The summed E-state index contributed by atoms with van der Waals surface area (Å²) in [5.74, 6) is 1.10. The van der Waals surface area contributed by atoms with Gasteiger partial charge in [0.25, 0.3) is 0 Å². The highest BCUT2D eigenvalue weighted by atomic mass is 15.2. The van der Waals surface area contributed by atoms with E-state index in [2.05, 4.69) is 24.0 Å². The number of anilines is 2. The highest BCUT2D eigenvalue weighted by Crippen LogP contribution is 2.25. The Bertz CT molecular complexity index is 571. The van der Waals surface area contributed by atoms with Gasteiger partial charge in [-0.2, -0.15) is 0 Å². The highest BCUT2D eigenvalue weighted by molar-refractivity contribution is 5.86. The molecule has 1 saturated heterocycles. The summed E-state index contributed by atoms with van der Waals surface area (Å²) in [7, 11) is 0. The van der Waals surface area contributed by atoms with Gasteiger partial charge in [-0.15, -0.1) is 0 Å². The first-order chi connectivity index (χ1) is 8.74. The zero-order valence-corrected chi connectivity index (χ0v) is 10.8. The lowest BCUT2D eigenvalue weighted by Crippen LogP contribution is -2.30. The van der Waals surface area contributed by atoms with E-state index in [1.54, 1.807) is 0 Å².